The Balaban J connectivity index is 1.67. The van der Waals surface area contributed by atoms with Gasteiger partial charge in [0, 0.05) is 24.5 Å². The molecule has 1 amide bonds. The molecule has 1 fully saturated rings. The molecule has 0 atom stereocenters. The van der Waals surface area contributed by atoms with Crippen LogP contribution in [-0.2, 0) is 4.74 Å². The van der Waals surface area contributed by atoms with E-state index in [1.54, 1.807) is 13.0 Å². The Kier molecular flexibility index (Phi) is 4.81. The predicted molar refractivity (Wildman–Crippen MR) is 102 cm³/mol. The van der Waals surface area contributed by atoms with Crippen molar-refractivity contribution in [2.45, 2.75) is 18.9 Å². The smallest absolute Gasteiger partial charge is 0.462 e. The van der Waals surface area contributed by atoms with Crippen LogP contribution in [0.25, 0.3) is 0 Å². The van der Waals surface area contributed by atoms with Crippen molar-refractivity contribution in [2.24, 2.45) is 0 Å². The molecule has 0 aromatic heterocycles. The SMILES string of the molecule is CCOC(=O)c1ccc2c(c1)NC1(CNC1)N(c1ccc(OC(F)(F)F)cc1)C2=O. The Labute approximate surface area is 169 Å². The largest absolute Gasteiger partial charge is 0.573 e. The number of ether oxygens (including phenoxy) is 2. The topological polar surface area (TPSA) is 79.9 Å². The second-order valence-corrected chi connectivity index (χ2v) is 6.92. The highest BCUT2D eigenvalue weighted by Crippen LogP contribution is 2.38. The summed E-state index contributed by atoms with van der Waals surface area (Å²) in [7, 11) is 0. The van der Waals surface area contributed by atoms with Crippen molar-refractivity contribution in [3.05, 3.63) is 53.6 Å². The molecular weight excluding hydrogens is 403 g/mol. The molecule has 10 heteroatoms. The van der Waals surface area contributed by atoms with Gasteiger partial charge in [0.15, 0.2) is 0 Å². The highest BCUT2D eigenvalue weighted by Gasteiger charge is 2.50. The molecule has 158 valence electrons. The van der Waals surface area contributed by atoms with Crippen LogP contribution in [-0.4, -0.2) is 43.6 Å². The minimum Gasteiger partial charge on any atom is -0.462 e. The van der Waals surface area contributed by atoms with Crippen molar-refractivity contribution >= 4 is 23.3 Å². The third kappa shape index (κ3) is 3.54. The number of amides is 1. The second-order valence-electron chi connectivity index (χ2n) is 6.92. The van der Waals surface area contributed by atoms with Crippen molar-refractivity contribution in [3.8, 4) is 5.75 Å². The molecule has 2 aliphatic heterocycles. The molecule has 0 radical (unpaired) electrons. The average molecular weight is 421 g/mol. The summed E-state index contributed by atoms with van der Waals surface area (Å²) in [6.45, 7) is 2.78. The van der Waals surface area contributed by atoms with Crippen LogP contribution in [0.15, 0.2) is 42.5 Å². The lowest BCUT2D eigenvalue weighted by Crippen LogP contribution is -2.76. The Morgan fingerprint density at radius 3 is 2.43 bits per heavy atom. The van der Waals surface area contributed by atoms with Crippen molar-refractivity contribution in [1.82, 2.24) is 5.32 Å². The number of alkyl halides is 3. The van der Waals surface area contributed by atoms with E-state index >= 15 is 0 Å². The summed E-state index contributed by atoms with van der Waals surface area (Å²) in [5.41, 5.74) is 0.782. The van der Waals surface area contributed by atoms with Gasteiger partial charge in [-0.3, -0.25) is 9.69 Å². The third-order valence-electron chi connectivity index (χ3n) is 4.92. The first kappa shape index (κ1) is 20.0. The van der Waals surface area contributed by atoms with Crippen molar-refractivity contribution in [1.29, 1.82) is 0 Å². The molecule has 2 aromatic carbocycles. The van der Waals surface area contributed by atoms with Gasteiger partial charge < -0.3 is 20.1 Å². The van der Waals surface area contributed by atoms with Crippen molar-refractivity contribution in [3.63, 3.8) is 0 Å². The van der Waals surface area contributed by atoms with Crippen LogP contribution < -0.4 is 20.3 Å². The first-order valence-electron chi connectivity index (χ1n) is 9.23. The number of rotatable bonds is 4. The first-order valence-corrected chi connectivity index (χ1v) is 9.23. The normalized spacial score (nSPS) is 17.1. The number of fused-ring (bicyclic) bond motifs is 1. The number of nitrogens with zero attached hydrogens (tertiary/aromatic N) is 1. The van der Waals surface area contributed by atoms with Gasteiger partial charge >= 0.3 is 12.3 Å². The van der Waals surface area contributed by atoms with Crippen LogP contribution in [0.3, 0.4) is 0 Å². The van der Waals surface area contributed by atoms with E-state index in [0.717, 1.165) is 12.1 Å². The molecule has 0 bridgehead atoms. The summed E-state index contributed by atoms with van der Waals surface area (Å²) in [5, 5.41) is 6.40. The number of halogens is 3. The van der Waals surface area contributed by atoms with E-state index in [9.17, 15) is 22.8 Å². The summed E-state index contributed by atoms with van der Waals surface area (Å²) < 4.78 is 46.1. The fourth-order valence-corrected chi connectivity index (χ4v) is 3.57. The number of hydrogen-bond donors (Lipinski definition) is 2. The van der Waals surface area contributed by atoms with Gasteiger partial charge in [0.1, 0.15) is 11.4 Å². The lowest BCUT2D eigenvalue weighted by Gasteiger charge is -2.53. The Morgan fingerprint density at radius 2 is 1.87 bits per heavy atom. The third-order valence-corrected chi connectivity index (χ3v) is 4.92. The van der Waals surface area contributed by atoms with Crippen LogP contribution in [0, 0.1) is 0 Å². The number of hydrogen-bond acceptors (Lipinski definition) is 6. The molecule has 2 heterocycles. The standard InChI is InChI=1S/C20H18F3N3O4/c1-2-29-18(28)12-3-8-15-16(9-12)25-19(10-24-11-19)26(17(15)27)13-4-6-14(7-5-13)30-20(21,22)23/h3-9,24-25H,2,10-11H2,1H3. The van der Waals surface area contributed by atoms with E-state index in [0.29, 0.717) is 35.6 Å². The maximum Gasteiger partial charge on any atom is 0.573 e. The van der Waals surface area contributed by atoms with Crippen LogP contribution >= 0.6 is 0 Å². The van der Waals surface area contributed by atoms with Crippen molar-refractivity contribution < 1.29 is 32.2 Å². The predicted octanol–water partition coefficient (Wildman–Crippen LogP) is 3.13. The quantitative estimate of drug-likeness (QED) is 0.739. The van der Waals surface area contributed by atoms with E-state index in [1.807, 2.05) is 0 Å². The Bertz CT molecular complexity index is 988. The highest BCUT2D eigenvalue weighted by atomic mass is 19.4. The number of anilines is 2. The second kappa shape index (κ2) is 7.21. The zero-order valence-electron chi connectivity index (χ0n) is 15.9. The maximum absolute atomic E-state index is 13.3. The van der Waals surface area contributed by atoms with Crippen LogP contribution in [0.2, 0.25) is 0 Å². The molecule has 7 nitrogen and oxygen atoms in total. The molecule has 0 unspecified atom stereocenters. The number of nitrogens with one attached hydrogen (secondary N) is 2. The summed E-state index contributed by atoms with van der Waals surface area (Å²) >= 11 is 0. The zero-order chi connectivity index (χ0) is 21.5. The van der Waals surface area contributed by atoms with Crippen LogP contribution in [0.1, 0.15) is 27.6 Å². The van der Waals surface area contributed by atoms with E-state index < -0.39 is 18.0 Å². The van der Waals surface area contributed by atoms with E-state index in [4.69, 9.17) is 4.74 Å². The minimum atomic E-state index is -4.79. The van der Waals surface area contributed by atoms with Gasteiger partial charge in [-0.15, -0.1) is 13.2 Å². The number of benzene rings is 2. The fourth-order valence-electron chi connectivity index (χ4n) is 3.57. The van der Waals surface area contributed by atoms with Gasteiger partial charge in [0.25, 0.3) is 5.91 Å². The zero-order valence-corrected chi connectivity index (χ0v) is 15.9. The van der Waals surface area contributed by atoms with Gasteiger partial charge in [-0.05, 0) is 49.4 Å². The van der Waals surface area contributed by atoms with Crippen LogP contribution in [0.5, 0.6) is 5.75 Å². The number of esters is 1. The molecule has 1 spiro atoms. The lowest BCUT2D eigenvalue weighted by atomic mass is 9.92. The first-order chi connectivity index (χ1) is 14.2. The Morgan fingerprint density at radius 1 is 1.17 bits per heavy atom. The molecule has 2 N–H and O–H groups in total. The fraction of sp³-hybridized carbons (Fsp3) is 0.300. The summed E-state index contributed by atoms with van der Waals surface area (Å²) in [5.74, 6) is -1.19. The summed E-state index contributed by atoms with van der Waals surface area (Å²) in [4.78, 5) is 26.8. The van der Waals surface area contributed by atoms with Crippen molar-refractivity contribution in [2.75, 3.05) is 29.9 Å². The summed E-state index contributed by atoms with van der Waals surface area (Å²) in [6.07, 6.45) is -4.79. The highest BCUT2D eigenvalue weighted by molar-refractivity contribution is 6.13. The molecule has 1 saturated heterocycles. The molecule has 2 aromatic rings. The monoisotopic (exact) mass is 421 g/mol. The van der Waals surface area contributed by atoms with Gasteiger partial charge in [-0.1, -0.05) is 0 Å². The maximum atomic E-state index is 13.3. The molecule has 0 saturated carbocycles. The summed E-state index contributed by atoms with van der Waals surface area (Å²) in [6, 6.07) is 9.74. The molecule has 2 aliphatic rings. The molecule has 4 rings (SSSR count). The van der Waals surface area contributed by atoms with E-state index in [-0.39, 0.29) is 18.3 Å². The Hall–Kier alpha value is -3.27. The van der Waals surface area contributed by atoms with Gasteiger partial charge in [0.2, 0.25) is 0 Å². The number of carbonyl (C=O) groups excluding carboxylic acids is 2. The molecular formula is C20H18F3N3O4. The molecule has 30 heavy (non-hydrogen) atoms. The van der Waals surface area contributed by atoms with Gasteiger partial charge in [-0.25, -0.2) is 4.79 Å². The van der Waals surface area contributed by atoms with Gasteiger partial charge in [0.05, 0.1) is 17.7 Å². The van der Waals surface area contributed by atoms with Crippen LogP contribution in [0.4, 0.5) is 24.5 Å². The minimum absolute atomic E-state index is 0.234. The van der Waals surface area contributed by atoms with E-state index in [1.165, 1.54) is 29.2 Å². The van der Waals surface area contributed by atoms with E-state index in [2.05, 4.69) is 15.4 Å². The molecule has 0 aliphatic carbocycles. The lowest BCUT2D eigenvalue weighted by molar-refractivity contribution is -0.274. The van der Waals surface area contributed by atoms with Gasteiger partial charge in [-0.2, -0.15) is 0 Å². The number of carbonyl (C=O) groups is 2. The average Bonchev–Trinajstić information content (AvgIpc) is 2.66.